The number of carboxylic acids is 1. The molecule has 0 amide bonds. The number of likely N-dealkylation sites (tertiary alicyclic amines) is 1. The Balaban J connectivity index is 2.25. The van der Waals surface area contributed by atoms with Gasteiger partial charge in [-0.3, -0.25) is 9.78 Å². The van der Waals surface area contributed by atoms with E-state index in [-0.39, 0.29) is 5.92 Å². The Hall–Kier alpha value is -1.49. The maximum absolute atomic E-state index is 12.7. The highest BCUT2D eigenvalue weighted by molar-refractivity contribution is 5.72. The third kappa shape index (κ3) is 2.04. The average Bonchev–Trinajstić information content (AvgIpc) is 2.61. The van der Waals surface area contributed by atoms with Gasteiger partial charge in [0.05, 0.1) is 12.1 Å². The Bertz CT molecular complexity index is 393. The van der Waals surface area contributed by atoms with Crippen LogP contribution in [0.15, 0.2) is 18.3 Å². The van der Waals surface area contributed by atoms with Crippen LogP contribution >= 0.6 is 0 Å². The van der Waals surface area contributed by atoms with Crippen LogP contribution in [-0.4, -0.2) is 41.1 Å². The molecule has 2 atom stereocenters. The first-order valence-corrected chi connectivity index (χ1v) is 5.10. The van der Waals surface area contributed by atoms with Crippen LogP contribution in [0.4, 0.5) is 4.39 Å². The van der Waals surface area contributed by atoms with Gasteiger partial charge in [-0.2, -0.15) is 0 Å². The van der Waals surface area contributed by atoms with E-state index in [1.165, 1.54) is 6.07 Å². The highest BCUT2D eigenvalue weighted by Crippen LogP contribution is 2.30. The molecule has 0 spiro atoms. The summed E-state index contributed by atoms with van der Waals surface area (Å²) in [6, 6.07) is 2.88. The predicted octanol–water partition coefficient (Wildman–Crippen LogP) is 0.951. The van der Waals surface area contributed by atoms with E-state index >= 15 is 0 Å². The lowest BCUT2D eigenvalue weighted by atomic mass is 9.92. The second-order valence-corrected chi connectivity index (χ2v) is 4.17. The maximum atomic E-state index is 12.7. The van der Waals surface area contributed by atoms with Crippen LogP contribution < -0.4 is 0 Å². The molecule has 0 radical (unpaired) electrons. The molecule has 0 unspecified atom stereocenters. The van der Waals surface area contributed by atoms with Gasteiger partial charge in [-0.05, 0) is 19.2 Å². The van der Waals surface area contributed by atoms with E-state index in [9.17, 15) is 9.18 Å². The number of nitrogens with zero attached hydrogens (tertiary/aromatic N) is 2. The molecule has 4 nitrogen and oxygen atoms in total. The fourth-order valence-electron chi connectivity index (χ4n) is 2.16. The van der Waals surface area contributed by atoms with Crippen molar-refractivity contribution >= 4 is 5.97 Å². The van der Waals surface area contributed by atoms with Crippen molar-refractivity contribution in [3.05, 3.63) is 29.8 Å². The summed E-state index contributed by atoms with van der Waals surface area (Å²) in [5, 5.41) is 9.09. The molecule has 2 heterocycles. The summed E-state index contributed by atoms with van der Waals surface area (Å²) < 4.78 is 12.7. The number of hydrogen-bond acceptors (Lipinski definition) is 3. The number of halogens is 1. The normalized spacial score (nSPS) is 25.9. The topological polar surface area (TPSA) is 53.4 Å². The number of aliphatic carboxylic acids is 1. The van der Waals surface area contributed by atoms with Gasteiger partial charge in [-0.15, -0.1) is 0 Å². The SMILES string of the molecule is CN1C[C@@H](C(=O)O)[C@H](c2ccc(F)cn2)C1. The monoisotopic (exact) mass is 224 g/mol. The second kappa shape index (κ2) is 4.17. The Morgan fingerprint density at radius 3 is 2.88 bits per heavy atom. The fourth-order valence-corrected chi connectivity index (χ4v) is 2.16. The number of rotatable bonds is 2. The molecule has 0 bridgehead atoms. The van der Waals surface area contributed by atoms with Crippen molar-refractivity contribution in [2.75, 3.05) is 20.1 Å². The molecule has 0 saturated carbocycles. The third-order valence-electron chi connectivity index (χ3n) is 2.95. The largest absolute Gasteiger partial charge is 0.481 e. The molecule has 0 aliphatic carbocycles. The molecule has 5 heteroatoms. The number of aromatic nitrogens is 1. The van der Waals surface area contributed by atoms with E-state index in [1.807, 2.05) is 11.9 Å². The van der Waals surface area contributed by atoms with E-state index in [4.69, 9.17) is 5.11 Å². The Morgan fingerprint density at radius 1 is 1.56 bits per heavy atom. The molecule has 1 aliphatic heterocycles. The van der Waals surface area contributed by atoms with Crippen molar-refractivity contribution in [2.24, 2.45) is 5.92 Å². The van der Waals surface area contributed by atoms with E-state index in [2.05, 4.69) is 4.98 Å². The summed E-state index contributed by atoms with van der Waals surface area (Å²) in [4.78, 5) is 17.0. The first-order chi connectivity index (χ1) is 7.58. The summed E-state index contributed by atoms with van der Waals surface area (Å²) in [7, 11) is 1.87. The molecule has 1 saturated heterocycles. The zero-order valence-corrected chi connectivity index (χ0v) is 8.93. The van der Waals surface area contributed by atoms with Crippen molar-refractivity contribution in [3.63, 3.8) is 0 Å². The molecule has 1 N–H and O–H groups in total. The zero-order valence-electron chi connectivity index (χ0n) is 8.93. The standard InChI is InChI=1S/C11H13FN2O2/c1-14-5-8(9(6-14)11(15)16)10-3-2-7(12)4-13-10/h2-4,8-9H,5-6H2,1H3,(H,15,16)/t8-,9-/m1/s1. The van der Waals surface area contributed by atoms with Crippen LogP contribution in [0.2, 0.25) is 0 Å². The van der Waals surface area contributed by atoms with Crippen LogP contribution in [0.3, 0.4) is 0 Å². The van der Waals surface area contributed by atoms with Gasteiger partial charge < -0.3 is 10.0 Å². The number of hydrogen-bond donors (Lipinski definition) is 1. The van der Waals surface area contributed by atoms with E-state index < -0.39 is 17.7 Å². The highest BCUT2D eigenvalue weighted by Gasteiger charge is 2.37. The molecule has 1 fully saturated rings. The molecule has 1 aromatic rings. The van der Waals surface area contributed by atoms with E-state index in [0.717, 1.165) is 6.20 Å². The first kappa shape index (κ1) is 11.0. The first-order valence-electron chi connectivity index (χ1n) is 5.10. The van der Waals surface area contributed by atoms with Gasteiger partial charge in [-0.25, -0.2) is 4.39 Å². The zero-order chi connectivity index (χ0) is 11.7. The summed E-state index contributed by atoms with van der Waals surface area (Å²) in [5.41, 5.74) is 0.651. The molecule has 16 heavy (non-hydrogen) atoms. The molecule has 2 rings (SSSR count). The molecular weight excluding hydrogens is 211 g/mol. The third-order valence-corrected chi connectivity index (χ3v) is 2.95. The maximum Gasteiger partial charge on any atom is 0.308 e. The van der Waals surface area contributed by atoms with Gasteiger partial charge in [0.15, 0.2) is 0 Å². The lowest BCUT2D eigenvalue weighted by Crippen LogP contribution is -2.21. The van der Waals surface area contributed by atoms with Gasteiger partial charge in [-0.1, -0.05) is 0 Å². The highest BCUT2D eigenvalue weighted by atomic mass is 19.1. The van der Waals surface area contributed by atoms with Crippen molar-refractivity contribution in [2.45, 2.75) is 5.92 Å². The average molecular weight is 224 g/mol. The van der Waals surface area contributed by atoms with Gasteiger partial charge >= 0.3 is 5.97 Å². The predicted molar refractivity (Wildman–Crippen MR) is 55.6 cm³/mol. The van der Waals surface area contributed by atoms with Gasteiger partial charge in [0.25, 0.3) is 0 Å². The number of carbonyl (C=O) groups is 1. The Labute approximate surface area is 92.7 Å². The van der Waals surface area contributed by atoms with Gasteiger partial charge in [0, 0.05) is 24.7 Å². The number of likely N-dealkylation sites (N-methyl/N-ethyl adjacent to an activating group) is 1. The second-order valence-electron chi connectivity index (χ2n) is 4.17. The summed E-state index contributed by atoms with van der Waals surface area (Å²) >= 11 is 0. The minimum Gasteiger partial charge on any atom is -0.481 e. The lowest BCUT2D eigenvalue weighted by molar-refractivity contribution is -0.141. The minimum atomic E-state index is -0.819. The van der Waals surface area contributed by atoms with Crippen LogP contribution in [0.5, 0.6) is 0 Å². The molecular formula is C11H13FN2O2. The van der Waals surface area contributed by atoms with Crippen molar-refractivity contribution in [1.82, 2.24) is 9.88 Å². The van der Waals surface area contributed by atoms with Crippen molar-refractivity contribution in [1.29, 1.82) is 0 Å². The lowest BCUT2D eigenvalue weighted by Gasteiger charge is -2.13. The van der Waals surface area contributed by atoms with Crippen LogP contribution in [0.25, 0.3) is 0 Å². The van der Waals surface area contributed by atoms with Gasteiger partial charge in [0.2, 0.25) is 0 Å². The minimum absolute atomic E-state index is 0.150. The molecule has 0 aromatic carbocycles. The smallest absolute Gasteiger partial charge is 0.308 e. The van der Waals surface area contributed by atoms with E-state index in [1.54, 1.807) is 6.07 Å². The van der Waals surface area contributed by atoms with Gasteiger partial charge in [0.1, 0.15) is 5.82 Å². The van der Waals surface area contributed by atoms with E-state index in [0.29, 0.717) is 18.8 Å². The van der Waals surface area contributed by atoms with Crippen molar-refractivity contribution < 1.29 is 14.3 Å². The summed E-state index contributed by atoms with van der Waals surface area (Å²) in [5.74, 6) is -1.83. The molecule has 86 valence electrons. The Kier molecular flexibility index (Phi) is 2.87. The summed E-state index contributed by atoms with van der Waals surface area (Å²) in [6.07, 6.45) is 1.13. The summed E-state index contributed by atoms with van der Waals surface area (Å²) in [6.45, 7) is 1.16. The fraction of sp³-hybridized carbons (Fsp3) is 0.455. The van der Waals surface area contributed by atoms with Crippen LogP contribution in [0, 0.1) is 11.7 Å². The quantitative estimate of drug-likeness (QED) is 0.812. The van der Waals surface area contributed by atoms with Crippen LogP contribution in [0.1, 0.15) is 11.6 Å². The molecule has 1 aliphatic rings. The number of carboxylic acid groups (broad SMARTS) is 1. The van der Waals surface area contributed by atoms with Crippen molar-refractivity contribution in [3.8, 4) is 0 Å². The Morgan fingerprint density at radius 2 is 2.31 bits per heavy atom. The molecule has 1 aromatic heterocycles. The van der Waals surface area contributed by atoms with Crippen LogP contribution in [-0.2, 0) is 4.79 Å². The number of pyridine rings is 1.